The maximum absolute atomic E-state index is 13.5. The number of fused-ring (bicyclic) bond motifs is 1. The fourth-order valence-corrected chi connectivity index (χ4v) is 6.42. The van der Waals surface area contributed by atoms with Crippen LogP contribution in [0.5, 0.6) is 0 Å². The number of nitrogens with zero attached hydrogens (tertiary/aromatic N) is 3. The first-order valence-electron chi connectivity index (χ1n) is 10.5. The van der Waals surface area contributed by atoms with Gasteiger partial charge >= 0.3 is 5.91 Å². The third-order valence-corrected chi connectivity index (χ3v) is 8.67. The molecule has 0 saturated carbocycles. The largest absolute Gasteiger partial charge is 0.300 e. The highest BCUT2D eigenvalue weighted by Crippen LogP contribution is 2.31. The molecule has 9 heteroatoms. The monoisotopic (exact) mass is 459 g/mol. The number of carbonyl (C=O) groups is 2. The Bertz CT molecular complexity index is 1210. The molecule has 0 aromatic heterocycles. The van der Waals surface area contributed by atoms with E-state index in [9.17, 15) is 22.4 Å². The Kier molecular flexibility index (Phi) is 5.68. The fourth-order valence-electron chi connectivity index (χ4n) is 4.42. The van der Waals surface area contributed by atoms with Crippen LogP contribution in [-0.4, -0.2) is 62.2 Å². The zero-order valence-electron chi connectivity index (χ0n) is 18.6. The van der Waals surface area contributed by atoms with E-state index in [1.165, 1.54) is 21.3 Å². The van der Waals surface area contributed by atoms with Gasteiger partial charge in [-0.05, 0) is 68.1 Å². The molecule has 0 radical (unpaired) electrons. The van der Waals surface area contributed by atoms with Crippen molar-refractivity contribution in [2.24, 2.45) is 0 Å². The summed E-state index contributed by atoms with van der Waals surface area (Å²) in [4.78, 5) is 28.2. The van der Waals surface area contributed by atoms with Gasteiger partial charge < -0.3 is 0 Å². The average Bonchev–Trinajstić information content (AvgIpc) is 2.97. The molecule has 170 valence electrons. The van der Waals surface area contributed by atoms with E-state index in [2.05, 4.69) is 0 Å². The quantitative estimate of drug-likeness (QED) is 0.657. The summed E-state index contributed by atoms with van der Waals surface area (Å²) in [6.07, 6.45) is 0. The van der Waals surface area contributed by atoms with Crippen molar-refractivity contribution in [1.82, 2.24) is 9.21 Å². The predicted octanol–water partition coefficient (Wildman–Crippen LogP) is 2.55. The number of benzene rings is 2. The second kappa shape index (κ2) is 8.06. The van der Waals surface area contributed by atoms with Crippen LogP contribution in [0.4, 0.5) is 10.1 Å². The van der Waals surface area contributed by atoms with Crippen molar-refractivity contribution >= 4 is 27.4 Å². The fraction of sp³-hybridized carbons (Fsp3) is 0.391. The van der Waals surface area contributed by atoms with Gasteiger partial charge in [0.25, 0.3) is 5.78 Å². The molecule has 1 fully saturated rings. The molecule has 0 atom stereocenters. The van der Waals surface area contributed by atoms with E-state index in [1.807, 2.05) is 38.7 Å². The average molecular weight is 460 g/mol. The van der Waals surface area contributed by atoms with Crippen molar-refractivity contribution in [3.8, 4) is 0 Å². The highest BCUT2D eigenvalue weighted by molar-refractivity contribution is 7.89. The van der Waals surface area contributed by atoms with Crippen LogP contribution in [-0.2, 0) is 14.8 Å². The zero-order chi connectivity index (χ0) is 23.4. The summed E-state index contributed by atoms with van der Waals surface area (Å²) in [5.74, 6) is -1.98. The van der Waals surface area contributed by atoms with Gasteiger partial charge in [-0.1, -0.05) is 6.07 Å². The van der Waals surface area contributed by atoms with E-state index in [0.29, 0.717) is 23.7 Å². The first kappa shape index (κ1) is 22.6. The number of sulfonamides is 1. The Morgan fingerprint density at radius 2 is 1.50 bits per heavy atom. The number of piperazine rings is 1. The molecule has 1 saturated heterocycles. The van der Waals surface area contributed by atoms with Crippen LogP contribution < -0.4 is 4.90 Å². The minimum atomic E-state index is -3.66. The molecule has 0 aliphatic carbocycles. The van der Waals surface area contributed by atoms with Gasteiger partial charge in [0.15, 0.2) is 0 Å². The van der Waals surface area contributed by atoms with E-state index in [1.54, 1.807) is 0 Å². The molecule has 2 aliphatic heterocycles. The molecule has 2 heterocycles. The summed E-state index contributed by atoms with van der Waals surface area (Å²) in [5, 5.41) is 0. The van der Waals surface area contributed by atoms with E-state index in [4.69, 9.17) is 0 Å². The van der Waals surface area contributed by atoms with Gasteiger partial charge in [-0.15, -0.1) is 0 Å². The van der Waals surface area contributed by atoms with Gasteiger partial charge in [-0.25, -0.2) is 12.8 Å². The summed E-state index contributed by atoms with van der Waals surface area (Å²) in [6, 6.07) is 5.73. The molecule has 4 rings (SSSR count). The van der Waals surface area contributed by atoms with Crippen molar-refractivity contribution in [3.63, 3.8) is 0 Å². The number of Topliss-reactive ketones (excluding diaryl/α,β-unsaturated/α-hetero) is 1. The third kappa shape index (κ3) is 3.64. The molecule has 2 aromatic rings. The van der Waals surface area contributed by atoms with Gasteiger partial charge in [0, 0.05) is 26.2 Å². The second-order valence-corrected chi connectivity index (χ2v) is 10.4. The molecule has 2 aromatic carbocycles. The number of carbonyl (C=O) groups excluding carboxylic acids is 2. The maximum atomic E-state index is 13.5. The lowest BCUT2D eigenvalue weighted by Gasteiger charge is -2.36. The summed E-state index contributed by atoms with van der Waals surface area (Å²) >= 11 is 0. The van der Waals surface area contributed by atoms with Crippen LogP contribution in [0.25, 0.3) is 0 Å². The van der Waals surface area contributed by atoms with Crippen molar-refractivity contribution in [2.75, 3.05) is 37.7 Å². The first-order chi connectivity index (χ1) is 15.0. The Morgan fingerprint density at radius 1 is 0.906 bits per heavy atom. The van der Waals surface area contributed by atoms with Crippen molar-refractivity contribution < 1.29 is 22.4 Å². The minimum Gasteiger partial charge on any atom is -0.291 e. The molecule has 1 amide bonds. The maximum Gasteiger partial charge on any atom is 0.300 e. The zero-order valence-corrected chi connectivity index (χ0v) is 19.4. The lowest BCUT2D eigenvalue weighted by molar-refractivity contribution is -0.114. The number of hydrogen-bond donors (Lipinski definition) is 0. The minimum absolute atomic E-state index is 0.0666. The van der Waals surface area contributed by atoms with Crippen molar-refractivity contribution in [1.29, 1.82) is 0 Å². The predicted molar refractivity (Wildman–Crippen MR) is 119 cm³/mol. The molecule has 0 unspecified atom stereocenters. The van der Waals surface area contributed by atoms with Crippen LogP contribution in [0.1, 0.15) is 32.6 Å². The summed E-state index contributed by atoms with van der Waals surface area (Å²) in [6.45, 7) is 9.03. The van der Waals surface area contributed by atoms with Crippen molar-refractivity contribution in [2.45, 2.75) is 32.6 Å². The van der Waals surface area contributed by atoms with E-state index in [0.717, 1.165) is 28.3 Å². The number of halogens is 1. The Hall–Kier alpha value is -2.62. The Morgan fingerprint density at radius 3 is 2.09 bits per heavy atom. The normalized spacial score (nSPS) is 17.8. The highest BCUT2D eigenvalue weighted by Gasteiger charge is 2.38. The van der Waals surface area contributed by atoms with Crippen LogP contribution in [0.3, 0.4) is 0 Å². The Balaban J connectivity index is 1.50. The number of hydrogen-bond acceptors (Lipinski definition) is 5. The number of aryl methyl sites for hydroxylation is 2. The number of amides is 1. The van der Waals surface area contributed by atoms with Crippen LogP contribution in [0.2, 0.25) is 0 Å². The van der Waals surface area contributed by atoms with Gasteiger partial charge in [0.05, 0.1) is 22.8 Å². The number of anilines is 1. The third-order valence-electron chi connectivity index (χ3n) is 6.50. The molecule has 0 bridgehead atoms. The first-order valence-corrected chi connectivity index (χ1v) is 11.9. The standard InChI is InChI=1S/C23H26FN3O4S/c1-14-11-15(2)17(4)22(16(14)3)32(30,31)26-9-7-25(8-10-26)13-27-20-6-5-18(24)12-19(20)21(28)23(27)29/h5-6,11-12H,7-10,13H2,1-4H3. The summed E-state index contributed by atoms with van der Waals surface area (Å²) < 4.78 is 41.9. The number of rotatable bonds is 4. The molecular formula is C23H26FN3O4S. The highest BCUT2D eigenvalue weighted by atomic mass is 32.2. The van der Waals surface area contributed by atoms with E-state index in [-0.39, 0.29) is 25.3 Å². The molecule has 32 heavy (non-hydrogen) atoms. The molecule has 7 nitrogen and oxygen atoms in total. The molecular weight excluding hydrogens is 433 g/mol. The topological polar surface area (TPSA) is 78.0 Å². The van der Waals surface area contributed by atoms with Gasteiger partial charge in [0.2, 0.25) is 10.0 Å². The smallest absolute Gasteiger partial charge is 0.291 e. The van der Waals surface area contributed by atoms with Crippen LogP contribution in [0.15, 0.2) is 29.2 Å². The lowest BCUT2D eigenvalue weighted by atomic mass is 10.0. The number of ketones is 1. The van der Waals surface area contributed by atoms with Gasteiger partial charge in [0.1, 0.15) is 5.82 Å². The summed E-state index contributed by atoms with van der Waals surface area (Å²) in [5.41, 5.74) is 3.87. The van der Waals surface area contributed by atoms with Gasteiger partial charge in [-0.2, -0.15) is 4.31 Å². The molecule has 2 aliphatic rings. The Labute approximate surface area is 187 Å². The van der Waals surface area contributed by atoms with E-state index >= 15 is 0 Å². The van der Waals surface area contributed by atoms with Crippen LogP contribution >= 0.6 is 0 Å². The molecule has 0 N–H and O–H groups in total. The second-order valence-electron chi connectivity index (χ2n) is 8.48. The SMILES string of the molecule is Cc1cc(C)c(C)c(S(=O)(=O)N2CCN(CN3C(=O)C(=O)c4cc(F)ccc43)CC2)c1C. The van der Waals surface area contributed by atoms with E-state index < -0.39 is 27.5 Å². The lowest BCUT2D eigenvalue weighted by Crippen LogP contribution is -2.52. The molecule has 0 spiro atoms. The van der Waals surface area contributed by atoms with Crippen molar-refractivity contribution in [3.05, 3.63) is 57.9 Å². The summed E-state index contributed by atoms with van der Waals surface area (Å²) in [7, 11) is -3.66. The van der Waals surface area contributed by atoms with Gasteiger partial charge in [-0.3, -0.25) is 19.4 Å². The van der Waals surface area contributed by atoms with Crippen LogP contribution in [0, 0.1) is 33.5 Å².